The van der Waals surface area contributed by atoms with Gasteiger partial charge in [0.25, 0.3) is 5.91 Å². The van der Waals surface area contributed by atoms with Crippen molar-refractivity contribution in [1.82, 2.24) is 5.32 Å². The van der Waals surface area contributed by atoms with Crippen molar-refractivity contribution in [3.63, 3.8) is 0 Å². The van der Waals surface area contributed by atoms with Crippen molar-refractivity contribution < 1.29 is 18.0 Å². The molecular weight excluding hydrogens is 376 g/mol. The van der Waals surface area contributed by atoms with Crippen molar-refractivity contribution >= 4 is 38.1 Å². The Labute approximate surface area is 163 Å². The zero-order chi connectivity index (χ0) is 20.1. The van der Waals surface area contributed by atoms with Crippen molar-refractivity contribution in [2.75, 3.05) is 18.1 Å². The molecule has 0 radical (unpaired) electrons. The number of rotatable bonds is 6. The number of nitrogens with one attached hydrogen (secondary N) is 2. The van der Waals surface area contributed by atoms with Gasteiger partial charge in [0.2, 0.25) is 5.91 Å². The number of hydrogen-bond donors (Lipinski definition) is 2. The second-order valence-electron chi connectivity index (χ2n) is 6.42. The van der Waals surface area contributed by atoms with Crippen LogP contribution in [0.2, 0.25) is 0 Å². The average molecular weight is 396 g/mol. The summed E-state index contributed by atoms with van der Waals surface area (Å²) in [6.07, 6.45) is 1.18. The van der Waals surface area contributed by atoms with Gasteiger partial charge in [-0.15, -0.1) is 0 Å². The maximum atomic E-state index is 12.3. The second-order valence-corrected chi connectivity index (χ2v) is 8.43. The number of benzene rings is 3. The number of hydrogen-bond acceptors (Lipinski definition) is 4. The Bertz CT molecular complexity index is 1140. The number of carbonyl (C=O) groups is 2. The van der Waals surface area contributed by atoms with Crippen LogP contribution in [0.4, 0.5) is 5.69 Å². The Morgan fingerprint density at radius 1 is 0.893 bits per heavy atom. The molecule has 0 unspecified atom stereocenters. The van der Waals surface area contributed by atoms with E-state index in [4.69, 9.17) is 0 Å². The molecule has 0 saturated carbocycles. The molecule has 0 fully saturated rings. The van der Waals surface area contributed by atoms with Crippen LogP contribution >= 0.6 is 0 Å². The molecule has 3 rings (SSSR count). The Balaban J connectivity index is 1.54. The van der Waals surface area contributed by atoms with Gasteiger partial charge in [-0.3, -0.25) is 9.59 Å². The number of carbonyl (C=O) groups excluding carboxylic acids is 2. The highest BCUT2D eigenvalue weighted by Gasteiger charge is 2.10. The highest BCUT2D eigenvalue weighted by Crippen LogP contribution is 2.16. The molecule has 144 valence electrons. The topological polar surface area (TPSA) is 92.3 Å². The molecule has 0 spiro atoms. The SMILES string of the molecule is CS(=O)(=O)c1cccc(NC(=O)CCNC(=O)c2ccc3ccccc3c2)c1. The molecule has 28 heavy (non-hydrogen) atoms. The van der Waals surface area contributed by atoms with Crippen LogP contribution in [0.5, 0.6) is 0 Å². The van der Waals surface area contributed by atoms with E-state index in [2.05, 4.69) is 10.6 Å². The predicted octanol–water partition coefficient (Wildman–Crippen LogP) is 3.00. The van der Waals surface area contributed by atoms with Crippen LogP contribution in [0.1, 0.15) is 16.8 Å². The molecule has 2 amide bonds. The van der Waals surface area contributed by atoms with Crippen LogP contribution in [0, 0.1) is 0 Å². The van der Waals surface area contributed by atoms with E-state index >= 15 is 0 Å². The third-order valence-corrected chi connectivity index (χ3v) is 5.31. The Kier molecular flexibility index (Phi) is 5.75. The summed E-state index contributed by atoms with van der Waals surface area (Å²) in [5.74, 6) is -0.568. The third kappa shape index (κ3) is 4.95. The van der Waals surface area contributed by atoms with Gasteiger partial charge in [-0.2, -0.15) is 0 Å². The fraction of sp³-hybridized carbons (Fsp3) is 0.143. The van der Waals surface area contributed by atoms with E-state index in [0.29, 0.717) is 11.3 Å². The van der Waals surface area contributed by atoms with Crippen LogP contribution < -0.4 is 10.6 Å². The van der Waals surface area contributed by atoms with E-state index in [1.54, 1.807) is 24.3 Å². The van der Waals surface area contributed by atoms with E-state index in [1.807, 2.05) is 30.3 Å². The molecule has 2 N–H and O–H groups in total. The number of anilines is 1. The zero-order valence-corrected chi connectivity index (χ0v) is 16.1. The molecule has 0 aliphatic heterocycles. The normalized spacial score (nSPS) is 11.2. The molecule has 3 aromatic rings. The molecule has 0 atom stereocenters. The summed E-state index contributed by atoms with van der Waals surface area (Å²) in [6, 6.07) is 19.2. The smallest absolute Gasteiger partial charge is 0.251 e. The summed E-state index contributed by atoms with van der Waals surface area (Å²) in [7, 11) is -3.34. The van der Waals surface area contributed by atoms with Gasteiger partial charge in [0.05, 0.1) is 4.90 Å². The Morgan fingerprint density at radius 2 is 1.64 bits per heavy atom. The van der Waals surface area contributed by atoms with Crippen LogP contribution in [0.15, 0.2) is 71.6 Å². The van der Waals surface area contributed by atoms with Crippen molar-refractivity contribution in [2.24, 2.45) is 0 Å². The molecule has 0 saturated heterocycles. The number of amides is 2. The minimum atomic E-state index is -3.34. The van der Waals surface area contributed by atoms with Crippen molar-refractivity contribution in [2.45, 2.75) is 11.3 Å². The van der Waals surface area contributed by atoms with Crippen LogP contribution in [-0.4, -0.2) is 33.0 Å². The molecule has 0 bridgehead atoms. The Morgan fingerprint density at radius 3 is 2.39 bits per heavy atom. The first-order valence-corrected chi connectivity index (χ1v) is 10.6. The van der Waals surface area contributed by atoms with Crippen molar-refractivity contribution in [3.05, 3.63) is 72.3 Å². The molecule has 7 heteroatoms. The van der Waals surface area contributed by atoms with Gasteiger partial charge >= 0.3 is 0 Å². The third-order valence-electron chi connectivity index (χ3n) is 4.20. The predicted molar refractivity (Wildman–Crippen MR) is 109 cm³/mol. The van der Waals surface area contributed by atoms with Gasteiger partial charge < -0.3 is 10.6 Å². The quantitative estimate of drug-likeness (QED) is 0.670. The van der Waals surface area contributed by atoms with Gasteiger partial charge in [0, 0.05) is 30.5 Å². The summed E-state index contributed by atoms with van der Waals surface area (Å²) in [5.41, 5.74) is 0.925. The summed E-state index contributed by atoms with van der Waals surface area (Å²) in [6.45, 7) is 0.170. The van der Waals surface area contributed by atoms with Crippen LogP contribution in [-0.2, 0) is 14.6 Å². The van der Waals surface area contributed by atoms with Gasteiger partial charge in [-0.25, -0.2) is 8.42 Å². The minimum Gasteiger partial charge on any atom is -0.352 e. The monoisotopic (exact) mass is 396 g/mol. The maximum absolute atomic E-state index is 12.3. The van der Waals surface area contributed by atoms with Crippen molar-refractivity contribution in [3.8, 4) is 0 Å². The first-order chi connectivity index (χ1) is 13.3. The lowest BCUT2D eigenvalue weighted by molar-refractivity contribution is -0.116. The van der Waals surface area contributed by atoms with E-state index in [-0.39, 0.29) is 29.7 Å². The summed E-state index contributed by atoms with van der Waals surface area (Å²) in [5, 5.41) is 7.38. The maximum Gasteiger partial charge on any atom is 0.251 e. The fourth-order valence-corrected chi connectivity index (χ4v) is 3.42. The number of sulfone groups is 1. The summed E-state index contributed by atoms with van der Waals surface area (Å²) < 4.78 is 23.1. The Hall–Kier alpha value is -3.19. The molecule has 0 aromatic heterocycles. The molecule has 0 aliphatic rings. The van der Waals surface area contributed by atoms with E-state index in [9.17, 15) is 18.0 Å². The zero-order valence-electron chi connectivity index (χ0n) is 15.3. The lowest BCUT2D eigenvalue weighted by Gasteiger charge is -2.08. The standard InChI is InChI=1S/C21H20N2O4S/c1-28(26,27)19-8-4-7-18(14-19)23-20(24)11-12-22-21(25)17-10-9-15-5-2-3-6-16(15)13-17/h2-10,13-14H,11-12H2,1H3,(H,22,25)(H,23,24). The largest absolute Gasteiger partial charge is 0.352 e. The fourth-order valence-electron chi connectivity index (χ4n) is 2.75. The van der Waals surface area contributed by atoms with E-state index in [0.717, 1.165) is 17.0 Å². The highest BCUT2D eigenvalue weighted by atomic mass is 32.2. The lowest BCUT2D eigenvalue weighted by Crippen LogP contribution is -2.27. The highest BCUT2D eigenvalue weighted by molar-refractivity contribution is 7.90. The molecular formula is C21H20N2O4S. The first-order valence-electron chi connectivity index (χ1n) is 8.70. The summed E-state index contributed by atoms with van der Waals surface area (Å²) >= 11 is 0. The van der Waals surface area contributed by atoms with Crippen LogP contribution in [0.3, 0.4) is 0 Å². The van der Waals surface area contributed by atoms with E-state index in [1.165, 1.54) is 12.1 Å². The molecule has 0 heterocycles. The lowest BCUT2D eigenvalue weighted by atomic mass is 10.1. The summed E-state index contributed by atoms with van der Waals surface area (Å²) in [4.78, 5) is 24.5. The van der Waals surface area contributed by atoms with Gasteiger partial charge in [0.15, 0.2) is 9.84 Å². The van der Waals surface area contributed by atoms with Crippen molar-refractivity contribution in [1.29, 1.82) is 0 Å². The number of fused-ring (bicyclic) bond motifs is 1. The molecule has 3 aromatic carbocycles. The molecule has 6 nitrogen and oxygen atoms in total. The van der Waals surface area contributed by atoms with Crippen LogP contribution in [0.25, 0.3) is 10.8 Å². The molecule has 0 aliphatic carbocycles. The van der Waals surface area contributed by atoms with E-state index < -0.39 is 9.84 Å². The first kappa shape index (κ1) is 19.6. The average Bonchev–Trinajstić information content (AvgIpc) is 2.67. The van der Waals surface area contributed by atoms with Gasteiger partial charge in [-0.1, -0.05) is 36.4 Å². The minimum absolute atomic E-state index is 0.0718. The van der Waals surface area contributed by atoms with Gasteiger partial charge in [-0.05, 0) is 41.1 Å². The second kappa shape index (κ2) is 8.22. The van der Waals surface area contributed by atoms with Gasteiger partial charge in [0.1, 0.15) is 0 Å².